The van der Waals surface area contributed by atoms with Crippen LogP contribution in [0.1, 0.15) is 17.6 Å². The number of rotatable bonds is 2. The molecule has 1 heterocycles. The minimum Gasteiger partial charge on any atom is -0.481 e. The molecule has 66 valence electrons. The third kappa shape index (κ3) is 1.69. The van der Waals surface area contributed by atoms with Crippen molar-refractivity contribution < 1.29 is 13.5 Å². The third-order valence-electron chi connectivity index (χ3n) is 1.50. The van der Waals surface area contributed by atoms with Crippen LogP contribution >= 0.6 is 0 Å². The fourth-order valence-electron chi connectivity index (χ4n) is 0.917. The highest BCUT2D eigenvalue weighted by Crippen LogP contribution is 2.22. The van der Waals surface area contributed by atoms with Crippen LogP contribution in [0.15, 0.2) is 12.3 Å². The van der Waals surface area contributed by atoms with Gasteiger partial charge in [0.2, 0.25) is 5.88 Å². The van der Waals surface area contributed by atoms with Gasteiger partial charge in [-0.25, -0.2) is 13.8 Å². The molecule has 0 fully saturated rings. The van der Waals surface area contributed by atoms with E-state index in [9.17, 15) is 8.78 Å². The van der Waals surface area contributed by atoms with Crippen molar-refractivity contribution in [2.75, 3.05) is 7.11 Å². The molecule has 0 spiro atoms. The number of halogens is 2. The Kier molecular flexibility index (Phi) is 2.58. The maximum atomic E-state index is 12.1. The summed E-state index contributed by atoms with van der Waals surface area (Å²) >= 11 is 0. The molecule has 0 amide bonds. The van der Waals surface area contributed by atoms with Gasteiger partial charge in [-0.15, -0.1) is 0 Å². The van der Waals surface area contributed by atoms with Gasteiger partial charge < -0.3 is 4.74 Å². The molecule has 0 aliphatic heterocycles. The van der Waals surface area contributed by atoms with E-state index in [1.807, 2.05) is 0 Å². The van der Waals surface area contributed by atoms with Crippen LogP contribution in [-0.4, -0.2) is 12.1 Å². The summed E-state index contributed by atoms with van der Waals surface area (Å²) in [4.78, 5) is 3.72. The molecule has 0 aromatic carbocycles. The molecule has 0 saturated carbocycles. The summed E-state index contributed by atoms with van der Waals surface area (Å²) in [5, 5.41) is 0. The van der Waals surface area contributed by atoms with E-state index in [0.717, 1.165) is 6.20 Å². The van der Waals surface area contributed by atoms with Crippen molar-refractivity contribution >= 4 is 0 Å². The monoisotopic (exact) mass is 173 g/mol. The first-order valence-corrected chi connectivity index (χ1v) is 3.44. The standard InChI is InChI=1S/C8H9F2NO/c1-5-3-6(7(9)10)4-11-8(5)12-2/h3-4,7H,1-2H3. The highest BCUT2D eigenvalue weighted by atomic mass is 19.3. The maximum absolute atomic E-state index is 12.1. The van der Waals surface area contributed by atoms with Crippen molar-refractivity contribution in [2.45, 2.75) is 13.3 Å². The van der Waals surface area contributed by atoms with Crippen molar-refractivity contribution in [3.63, 3.8) is 0 Å². The Bertz CT molecular complexity index is 276. The second-order valence-corrected chi connectivity index (χ2v) is 2.40. The molecule has 0 aliphatic rings. The summed E-state index contributed by atoms with van der Waals surface area (Å²) in [7, 11) is 1.46. The minimum atomic E-state index is -2.47. The number of ether oxygens (including phenoxy) is 1. The Hall–Kier alpha value is -1.19. The number of pyridine rings is 1. The normalized spacial score (nSPS) is 10.4. The Morgan fingerprint density at radius 2 is 2.17 bits per heavy atom. The van der Waals surface area contributed by atoms with Gasteiger partial charge in [-0.2, -0.15) is 0 Å². The summed E-state index contributed by atoms with van der Waals surface area (Å²) in [5.41, 5.74) is 0.545. The largest absolute Gasteiger partial charge is 0.481 e. The lowest BCUT2D eigenvalue weighted by atomic mass is 10.2. The molecule has 0 N–H and O–H groups in total. The van der Waals surface area contributed by atoms with Gasteiger partial charge in [-0.3, -0.25) is 0 Å². The van der Waals surface area contributed by atoms with Crippen LogP contribution in [0.2, 0.25) is 0 Å². The lowest BCUT2D eigenvalue weighted by molar-refractivity contribution is 0.150. The van der Waals surface area contributed by atoms with Crippen LogP contribution in [0.3, 0.4) is 0 Å². The van der Waals surface area contributed by atoms with Gasteiger partial charge >= 0.3 is 0 Å². The summed E-state index contributed by atoms with van der Waals surface area (Å²) in [6.45, 7) is 1.68. The molecule has 1 aromatic heterocycles. The molecule has 1 rings (SSSR count). The quantitative estimate of drug-likeness (QED) is 0.684. The predicted octanol–water partition coefficient (Wildman–Crippen LogP) is 2.34. The van der Waals surface area contributed by atoms with Crippen molar-refractivity contribution in [1.82, 2.24) is 4.98 Å². The van der Waals surface area contributed by atoms with Gasteiger partial charge in [0.25, 0.3) is 6.43 Å². The van der Waals surface area contributed by atoms with E-state index in [1.165, 1.54) is 13.2 Å². The van der Waals surface area contributed by atoms with E-state index < -0.39 is 6.43 Å². The summed E-state index contributed by atoms with van der Waals surface area (Å²) in [6.07, 6.45) is -1.35. The first-order valence-electron chi connectivity index (χ1n) is 3.44. The Morgan fingerprint density at radius 3 is 2.58 bits per heavy atom. The minimum absolute atomic E-state index is 0.0756. The van der Waals surface area contributed by atoms with Crippen molar-refractivity contribution in [2.24, 2.45) is 0 Å². The number of aryl methyl sites for hydroxylation is 1. The van der Waals surface area contributed by atoms with Gasteiger partial charge in [0.15, 0.2) is 0 Å². The van der Waals surface area contributed by atoms with E-state index in [0.29, 0.717) is 11.4 Å². The summed E-state index contributed by atoms with van der Waals surface area (Å²) < 4.78 is 29.0. The van der Waals surface area contributed by atoms with Crippen LogP contribution in [0.4, 0.5) is 8.78 Å². The van der Waals surface area contributed by atoms with E-state index in [2.05, 4.69) is 4.98 Å². The van der Waals surface area contributed by atoms with Crippen molar-refractivity contribution in [1.29, 1.82) is 0 Å². The second kappa shape index (κ2) is 3.47. The first kappa shape index (κ1) is 8.90. The molecular weight excluding hydrogens is 164 g/mol. The highest BCUT2D eigenvalue weighted by molar-refractivity contribution is 5.28. The molecule has 1 aromatic rings. The lowest BCUT2D eigenvalue weighted by Gasteiger charge is -2.04. The number of hydrogen-bond acceptors (Lipinski definition) is 2. The van der Waals surface area contributed by atoms with Crippen LogP contribution in [0.25, 0.3) is 0 Å². The van der Waals surface area contributed by atoms with Gasteiger partial charge in [0.05, 0.1) is 7.11 Å². The van der Waals surface area contributed by atoms with Crippen LogP contribution < -0.4 is 4.74 Å². The highest BCUT2D eigenvalue weighted by Gasteiger charge is 2.09. The van der Waals surface area contributed by atoms with Crippen molar-refractivity contribution in [3.8, 4) is 5.88 Å². The van der Waals surface area contributed by atoms with E-state index in [1.54, 1.807) is 6.92 Å². The Balaban J connectivity index is 3.02. The molecule has 0 bridgehead atoms. The van der Waals surface area contributed by atoms with Gasteiger partial charge in [0.1, 0.15) is 0 Å². The van der Waals surface area contributed by atoms with Gasteiger partial charge in [-0.05, 0) is 13.0 Å². The van der Waals surface area contributed by atoms with Crippen molar-refractivity contribution in [3.05, 3.63) is 23.4 Å². The van der Waals surface area contributed by atoms with Gasteiger partial charge in [0, 0.05) is 17.3 Å². The number of hydrogen-bond donors (Lipinski definition) is 0. The zero-order valence-electron chi connectivity index (χ0n) is 6.84. The third-order valence-corrected chi connectivity index (χ3v) is 1.50. The number of methoxy groups -OCH3 is 1. The van der Waals surface area contributed by atoms with Gasteiger partial charge in [-0.1, -0.05) is 0 Å². The zero-order valence-corrected chi connectivity index (χ0v) is 6.84. The fourth-order valence-corrected chi connectivity index (χ4v) is 0.917. The van der Waals surface area contributed by atoms with E-state index in [-0.39, 0.29) is 5.56 Å². The van der Waals surface area contributed by atoms with Crippen LogP contribution in [0, 0.1) is 6.92 Å². The van der Waals surface area contributed by atoms with E-state index >= 15 is 0 Å². The topological polar surface area (TPSA) is 22.1 Å². The Morgan fingerprint density at radius 1 is 1.50 bits per heavy atom. The average Bonchev–Trinajstić information content (AvgIpc) is 2.04. The summed E-state index contributed by atoms with van der Waals surface area (Å²) in [6, 6.07) is 1.37. The second-order valence-electron chi connectivity index (χ2n) is 2.40. The molecule has 0 unspecified atom stereocenters. The fraction of sp³-hybridized carbons (Fsp3) is 0.375. The smallest absolute Gasteiger partial charge is 0.265 e. The lowest BCUT2D eigenvalue weighted by Crippen LogP contribution is -1.93. The van der Waals surface area contributed by atoms with Crippen LogP contribution in [0.5, 0.6) is 5.88 Å². The number of nitrogens with zero attached hydrogens (tertiary/aromatic N) is 1. The van der Waals surface area contributed by atoms with Crippen LogP contribution in [-0.2, 0) is 0 Å². The zero-order chi connectivity index (χ0) is 9.14. The molecule has 0 saturated heterocycles. The maximum Gasteiger partial charge on any atom is 0.265 e. The number of alkyl halides is 2. The number of aromatic nitrogens is 1. The molecule has 12 heavy (non-hydrogen) atoms. The van der Waals surface area contributed by atoms with E-state index in [4.69, 9.17) is 4.74 Å². The molecule has 0 aliphatic carbocycles. The molecule has 2 nitrogen and oxygen atoms in total. The summed E-state index contributed by atoms with van der Waals surface area (Å²) in [5.74, 6) is 0.388. The molecule has 0 radical (unpaired) electrons. The molecule has 4 heteroatoms. The predicted molar refractivity (Wildman–Crippen MR) is 40.5 cm³/mol. The molecular formula is C8H9F2NO. The molecule has 0 atom stereocenters. The average molecular weight is 173 g/mol. The SMILES string of the molecule is COc1ncc(C(F)F)cc1C. The first-order chi connectivity index (χ1) is 5.65. The Labute approximate surface area is 69.2 Å².